The second kappa shape index (κ2) is 9.57. The predicted molar refractivity (Wildman–Crippen MR) is 105 cm³/mol. The van der Waals surface area contributed by atoms with Crippen LogP contribution in [0.4, 0.5) is 6.01 Å². The van der Waals surface area contributed by atoms with Crippen molar-refractivity contribution in [1.29, 1.82) is 5.26 Å². The number of benzene rings is 1. The van der Waals surface area contributed by atoms with Crippen LogP contribution in [0.15, 0.2) is 34.9 Å². The molecule has 162 valence electrons. The normalized spacial score (nSPS) is 14.4. The molecule has 0 saturated heterocycles. The molecule has 0 aliphatic rings. The van der Waals surface area contributed by atoms with Gasteiger partial charge in [0.1, 0.15) is 18.1 Å². The van der Waals surface area contributed by atoms with Gasteiger partial charge in [0.25, 0.3) is 5.91 Å². The Hall–Kier alpha value is -3.14. The van der Waals surface area contributed by atoms with Crippen LogP contribution in [0.5, 0.6) is 5.75 Å². The number of aliphatic hydroxyl groups is 2. The molecule has 11 nitrogen and oxygen atoms in total. The molecule has 1 amide bonds. The van der Waals surface area contributed by atoms with E-state index >= 15 is 0 Å². The molecule has 12 heteroatoms. The fourth-order valence-corrected chi connectivity index (χ4v) is 2.89. The first kappa shape index (κ1) is 23.1. The first-order chi connectivity index (χ1) is 14.0. The Kier molecular flexibility index (Phi) is 7.38. The van der Waals surface area contributed by atoms with Gasteiger partial charge in [-0.15, -0.1) is 0 Å². The molecule has 0 fully saturated rings. The minimum Gasteiger partial charge on any atom is -0.508 e. The molecule has 3 unspecified atom stereocenters. The number of oxazole rings is 1. The summed E-state index contributed by atoms with van der Waals surface area (Å²) in [4.78, 5) is 16.4. The maximum atomic E-state index is 12.6. The molecule has 2 aromatic rings. The lowest BCUT2D eigenvalue weighted by molar-refractivity contribution is -0.000386. The molecule has 0 aliphatic carbocycles. The van der Waals surface area contributed by atoms with Crippen molar-refractivity contribution in [2.75, 3.05) is 17.6 Å². The Balaban J connectivity index is 2.22. The predicted octanol–water partition coefficient (Wildman–Crippen LogP) is -0.247. The SMILES string of the molecule is CN(c1nc(C(=O)NC(Cc2ccc(O)cc2)C(O)C(O)CC#N)co1)S(C)(=O)=O. The molecule has 1 aromatic heterocycles. The number of phenolic OH excluding ortho intramolecular Hbond substituents is 1. The molecule has 0 bridgehead atoms. The third kappa shape index (κ3) is 5.93. The zero-order valence-corrected chi connectivity index (χ0v) is 17.1. The van der Waals surface area contributed by atoms with Crippen LogP contribution in [0.25, 0.3) is 0 Å². The Bertz CT molecular complexity index is 1010. The van der Waals surface area contributed by atoms with E-state index < -0.39 is 34.2 Å². The van der Waals surface area contributed by atoms with Crippen LogP contribution in [-0.4, -0.2) is 66.2 Å². The minimum atomic E-state index is -3.65. The number of nitriles is 1. The maximum absolute atomic E-state index is 12.6. The van der Waals surface area contributed by atoms with Gasteiger partial charge in [-0.05, 0) is 24.1 Å². The minimum absolute atomic E-state index is 0.0366. The monoisotopic (exact) mass is 438 g/mol. The summed E-state index contributed by atoms with van der Waals surface area (Å²) in [6.07, 6.45) is -1.27. The van der Waals surface area contributed by atoms with E-state index in [4.69, 9.17) is 9.68 Å². The number of phenols is 1. The van der Waals surface area contributed by atoms with Crippen LogP contribution in [0, 0.1) is 11.3 Å². The lowest BCUT2D eigenvalue weighted by Gasteiger charge is -2.26. The molecule has 4 N–H and O–H groups in total. The van der Waals surface area contributed by atoms with Crippen LogP contribution < -0.4 is 9.62 Å². The van der Waals surface area contributed by atoms with E-state index in [1.807, 2.05) is 0 Å². The second-order valence-electron chi connectivity index (χ2n) is 6.62. The molecule has 3 atom stereocenters. The number of nitrogens with zero attached hydrogens (tertiary/aromatic N) is 3. The Labute approximate surface area is 173 Å². The average Bonchev–Trinajstić information content (AvgIpc) is 3.17. The van der Waals surface area contributed by atoms with E-state index in [1.54, 1.807) is 18.2 Å². The quantitative estimate of drug-likeness (QED) is 0.411. The van der Waals surface area contributed by atoms with E-state index in [2.05, 4.69) is 10.3 Å². The van der Waals surface area contributed by atoms with E-state index in [1.165, 1.54) is 19.2 Å². The number of anilines is 1. The molecule has 0 aliphatic heterocycles. The van der Waals surface area contributed by atoms with Gasteiger partial charge in [0.05, 0.1) is 30.9 Å². The first-order valence-electron chi connectivity index (χ1n) is 8.74. The smallest absolute Gasteiger partial charge is 0.311 e. The largest absolute Gasteiger partial charge is 0.508 e. The van der Waals surface area contributed by atoms with Gasteiger partial charge < -0.3 is 25.1 Å². The van der Waals surface area contributed by atoms with Crippen molar-refractivity contribution >= 4 is 21.9 Å². The van der Waals surface area contributed by atoms with E-state index in [0.717, 1.165) is 16.8 Å². The number of hydrogen-bond donors (Lipinski definition) is 4. The van der Waals surface area contributed by atoms with Crippen LogP contribution in [0.2, 0.25) is 0 Å². The molecule has 0 saturated carbocycles. The van der Waals surface area contributed by atoms with Crippen LogP contribution in [-0.2, 0) is 16.4 Å². The summed E-state index contributed by atoms with van der Waals surface area (Å²) in [6, 6.07) is 6.42. The highest BCUT2D eigenvalue weighted by Crippen LogP contribution is 2.17. The van der Waals surface area contributed by atoms with Gasteiger partial charge in [-0.1, -0.05) is 12.1 Å². The van der Waals surface area contributed by atoms with Gasteiger partial charge in [0.2, 0.25) is 10.0 Å². The maximum Gasteiger partial charge on any atom is 0.311 e. The van der Waals surface area contributed by atoms with Crippen molar-refractivity contribution in [2.24, 2.45) is 0 Å². The second-order valence-corrected chi connectivity index (χ2v) is 8.63. The number of sulfonamides is 1. The number of aromatic nitrogens is 1. The van der Waals surface area contributed by atoms with Crippen molar-refractivity contribution in [2.45, 2.75) is 31.1 Å². The van der Waals surface area contributed by atoms with Gasteiger partial charge >= 0.3 is 6.01 Å². The zero-order valence-electron chi connectivity index (χ0n) is 16.3. The Morgan fingerprint density at radius 1 is 1.33 bits per heavy atom. The number of amides is 1. The van der Waals surface area contributed by atoms with Crippen LogP contribution in [0.1, 0.15) is 22.5 Å². The van der Waals surface area contributed by atoms with E-state index in [-0.39, 0.29) is 30.3 Å². The molecule has 30 heavy (non-hydrogen) atoms. The van der Waals surface area contributed by atoms with E-state index in [0.29, 0.717) is 5.56 Å². The van der Waals surface area contributed by atoms with Crippen molar-refractivity contribution in [1.82, 2.24) is 10.3 Å². The highest BCUT2D eigenvalue weighted by Gasteiger charge is 2.29. The first-order valence-corrected chi connectivity index (χ1v) is 10.6. The lowest BCUT2D eigenvalue weighted by Crippen LogP contribution is -2.49. The molecule has 0 spiro atoms. The van der Waals surface area contributed by atoms with Crippen molar-refractivity contribution < 1.29 is 32.9 Å². The summed E-state index contributed by atoms with van der Waals surface area (Å²) in [7, 11) is -2.44. The number of hydrogen-bond acceptors (Lipinski definition) is 9. The highest BCUT2D eigenvalue weighted by molar-refractivity contribution is 7.92. The molecule has 0 radical (unpaired) electrons. The van der Waals surface area contributed by atoms with E-state index in [9.17, 15) is 28.5 Å². The highest BCUT2D eigenvalue weighted by atomic mass is 32.2. The third-order valence-corrected chi connectivity index (χ3v) is 5.46. The standard InChI is InChI=1S/C18H22N4O7S/c1-22(30(2,27)28)18-21-14(10-29-18)17(26)20-13(16(25)15(24)7-8-19)9-11-3-5-12(23)6-4-11/h3-6,10,13,15-16,23-25H,7,9H2,1-2H3,(H,20,26). The van der Waals surface area contributed by atoms with Gasteiger partial charge in [-0.2, -0.15) is 10.2 Å². The molecule has 1 aromatic carbocycles. The Morgan fingerprint density at radius 3 is 2.53 bits per heavy atom. The molecule has 1 heterocycles. The fraction of sp³-hybridized carbons (Fsp3) is 0.389. The third-order valence-electron chi connectivity index (χ3n) is 4.31. The summed E-state index contributed by atoms with van der Waals surface area (Å²) < 4.78 is 28.9. The summed E-state index contributed by atoms with van der Waals surface area (Å²) in [5.41, 5.74) is 0.400. The van der Waals surface area contributed by atoms with Gasteiger partial charge in [0.15, 0.2) is 5.69 Å². The number of carbonyl (C=O) groups is 1. The van der Waals surface area contributed by atoms with Gasteiger partial charge in [-0.25, -0.2) is 12.7 Å². The summed E-state index contributed by atoms with van der Waals surface area (Å²) in [6.45, 7) is 0. The number of aliphatic hydroxyl groups excluding tert-OH is 2. The lowest BCUT2D eigenvalue weighted by atomic mass is 9.96. The Morgan fingerprint density at radius 2 is 1.97 bits per heavy atom. The van der Waals surface area contributed by atoms with Crippen LogP contribution in [0.3, 0.4) is 0 Å². The number of aromatic hydroxyl groups is 1. The number of carbonyl (C=O) groups excluding carboxylic acids is 1. The van der Waals surface area contributed by atoms with Crippen molar-refractivity contribution in [3.63, 3.8) is 0 Å². The van der Waals surface area contributed by atoms with Crippen molar-refractivity contribution in [3.05, 3.63) is 41.8 Å². The number of nitrogens with one attached hydrogen (secondary N) is 1. The summed E-state index contributed by atoms with van der Waals surface area (Å²) in [5.74, 6) is -0.742. The zero-order chi connectivity index (χ0) is 22.5. The average molecular weight is 438 g/mol. The van der Waals surface area contributed by atoms with Crippen molar-refractivity contribution in [3.8, 4) is 11.8 Å². The topological polar surface area (TPSA) is 177 Å². The fourth-order valence-electron chi connectivity index (χ4n) is 2.52. The summed E-state index contributed by atoms with van der Waals surface area (Å²) in [5, 5.41) is 41.1. The molecular formula is C18H22N4O7S. The molecular weight excluding hydrogens is 416 g/mol. The number of rotatable bonds is 9. The van der Waals surface area contributed by atoms with Crippen LogP contribution >= 0.6 is 0 Å². The van der Waals surface area contributed by atoms with Gasteiger partial charge in [0, 0.05) is 7.05 Å². The summed E-state index contributed by atoms with van der Waals surface area (Å²) >= 11 is 0. The van der Waals surface area contributed by atoms with Gasteiger partial charge in [-0.3, -0.25) is 4.79 Å². The molecule has 2 rings (SSSR count).